The molecule has 0 aromatic heterocycles. The minimum absolute atomic E-state index is 0.0266. The molecule has 0 unspecified atom stereocenters. The smallest absolute Gasteiger partial charge is 0.269 e. The third-order valence-electron chi connectivity index (χ3n) is 4.48. The monoisotopic (exact) mass is 402 g/mol. The topological polar surface area (TPSA) is 102 Å². The summed E-state index contributed by atoms with van der Waals surface area (Å²) in [5.41, 5.74) is 6.09. The average Bonchev–Trinajstić information content (AvgIpc) is 3.04. The lowest BCUT2D eigenvalue weighted by Crippen LogP contribution is -2.42. The first-order valence-corrected chi connectivity index (χ1v) is 10.8. The first-order chi connectivity index (χ1) is 13.4. The van der Waals surface area contributed by atoms with Gasteiger partial charge in [-0.3, -0.25) is 20.4 Å². The minimum atomic E-state index is -3.02. The Morgan fingerprint density at radius 3 is 2.36 bits per heavy atom. The van der Waals surface area contributed by atoms with Crippen molar-refractivity contribution in [1.82, 2.24) is 10.9 Å². The second-order valence-corrected chi connectivity index (χ2v) is 9.00. The maximum atomic E-state index is 12.1. The van der Waals surface area contributed by atoms with Gasteiger partial charge in [0.05, 0.1) is 11.5 Å². The Hall–Kier alpha value is -2.87. The molecule has 28 heavy (non-hydrogen) atoms. The van der Waals surface area contributed by atoms with Gasteiger partial charge in [0.25, 0.3) is 5.91 Å². The molecule has 0 radical (unpaired) electrons. The highest BCUT2D eigenvalue weighted by atomic mass is 32.2. The molecule has 2 amide bonds. The minimum Gasteiger partial charge on any atom is -0.489 e. The summed E-state index contributed by atoms with van der Waals surface area (Å²) in [6.07, 6.45) is 0.555. The Morgan fingerprint density at radius 1 is 1.00 bits per heavy atom. The summed E-state index contributed by atoms with van der Waals surface area (Å²) in [5, 5.41) is 0. The van der Waals surface area contributed by atoms with Crippen LogP contribution in [-0.2, 0) is 21.2 Å². The van der Waals surface area contributed by atoms with E-state index in [2.05, 4.69) is 10.9 Å². The summed E-state index contributed by atoms with van der Waals surface area (Å²) >= 11 is 0. The molecule has 0 bridgehead atoms. The van der Waals surface area contributed by atoms with Crippen molar-refractivity contribution >= 4 is 21.7 Å². The molecule has 7 nitrogen and oxygen atoms in total. The van der Waals surface area contributed by atoms with E-state index in [1.807, 2.05) is 30.3 Å². The number of carbonyl (C=O) groups excluding carboxylic acids is 2. The molecule has 1 saturated heterocycles. The fraction of sp³-hybridized carbons (Fsp3) is 0.300. The van der Waals surface area contributed by atoms with Crippen molar-refractivity contribution < 1.29 is 22.7 Å². The molecule has 8 heteroatoms. The van der Waals surface area contributed by atoms with Crippen LogP contribution >= 0.6 is 0 Å². The Labute approximate surface area is 164 Å². The van der Waals surface area contributed by atoms with E-state index >= 15 is 0 Å². The van der Waals surface area contributed by atoms with Crippen molar-refractivity contribution in [3.05, 3.63) is 65.7 Å². The molecule has 1 atom stereocenters. The van der Waals surface area contributed by atoms with Crippen molar-refractivity contribution in [2.75, 3.05) is 11.5 Å². The van der Waals surface area contributed by atoms with Gasteiger partial charge in [-0.05, 0) is 42.2 Å². The SMILES string of the molecule is O=C(C[C@H]1CCS(=O)(=O)C1)NNC(=O)c1ccc(OCc2ccccc2)cc1. The zero-order valence-electron chi connectivity index (χ0n) is 15.3. The molecule has 1 aliphatic heterocycles. The van der Waals surface area contributed by atoms with Gasteiger partial charge >= 0.3 is 0 Å². The predicted molar refractivity (Wildman–Crippen MR) is 104 cm³/mol. The number of rotatable bonds is 6. The lowest BCUT2D eigenvalue weighted by molar-refractivity contribution is -0.122. The Kier molecular flexibility index (Phi) is 6.30. The van der Waals surface area contributed by atoms with E-state index in [9.17, 15) is 18.0 Å². The van der Waals surface area contributed by atoms with Gasteiger partial charge in [0, 0.05) is 12.0 Å². The van der Waals surface area contributed by atoms with E-state index in [0.717, 1.165) is 5.56 Å². The standard InChI is InChI=1S/C20H22N2O5S/c23-19(12-16-10-11-28(25,26)14-16)21-22-20(24)17-6-8-18(9-7-17)27-13-15-4-2-1-3-5-15/h1-9,16H,10-14H2,(H,21,23)(H,22,24)/t16-/m1/s1. The van der Waals surface area contributed by atoms with Crippen molar-refractivity contribution in [1.29, 1.82) is 0 Å². The van der Waals surface area contributed by atoms with Crippen LogP contribution in [0.15, 0.2) is 54.6 Å². The summed E-state index contributed by atoms with van der Waals surface area (Å²) in [6.45, 7) is 0.430. The third kappa shape index (κ3) is 5.82. The van der Waals surface area contributed by atoms with Gasteiger partial charge in [-0.1, -0.05) is 30.3 Å². The van der Waals surface area contributed by atoms with Gasteiger partial charge in [-0.15, -0.1) is 0 Å². The van der Waals surface area contributed by atoms with Crippen LogP contribution in [0, 0.1) is 5.92 Å². The normalized spacial score (nSPS) is 17.6. The Morgan fingerprint density at radius 2 is 1.71 bits per heavy atom. The number of nitrogens with one attached hydrogen (secondary N) is 2. The second kappa shape index (κ2) is 8.88. The molecular weight excluding hydrogens is 380 g/mol. The first kappa shape index (κ1) is 19.9. The Balaban J connectivity index is 1.43. The molecule has 1 aliphatic rings. The first-order valence-electron chi connectivity index (χ1n) is 8.98. The zero-order valence-corrected chi connectivity index (χ0v) is 16.1. The second-order valence-electron chi connectivity index (χ2n) is 6.77. The average molecular weight is 402 g/mol. The highest BCUT2D eigenvalue weighted by Gasteiger charge is 2.29. The van der Waals surface area contributed by atoms with E-state index in [4.69, 9.17) is 4.74 Å². The van der Waals surface area contributed by atoms with Gasteiger partial charge in [-0.2, -0.15) is 0 Å². The lowest BCUT2D eigenvalue weighted by Gasteiger charge is -2.10. The van der Waals surface area contributed by atoms with Crippen molar-refractivity contribution in [3.63, 3.8) is 0 Å². The summed E-state index contributed by atoms with van der Waals surface area (Å²) in [4.78, 5) is 24.0. The lowest BCUT2D eigenvalue weighted by atomic mass is 10.1. The molecule has 3 rings (SSSR count). The zero-order chi connectivity index (χ0) is 20.0. The van der Waals surface area contributed by atoms with Crippen LogP contribution in [0.4, 0.5) is 0 Å². The van der Waals surface area contributed by atoms with Crippen molar-refractivity contribution in [2.24, 2.45) is 5.92 Å². The fourth-order valence-corrected chi connectivity index (χ4v) is 4.85. The van der Waals surface area contributed by atoms with Crippen LogP contribution in [0.25, 0.3) is 0 Å². The van der Waals surface area contributed by atoms with Crippen molar-refractivity contribution in [3.8, 4) is 5.75 Å². The molecule has 2 aromatic carbocycles. The molecular formula is C20H22N2O5S. The largest absolute Gasteiger partial charge is 0.489 e. The van der Waals surface area contributed by atoms with Crippen LogP contribution in [0.2, 0.25) is 0 Å². The van der Waals surface area contributed by atoms with E-state index in [-0.39, 0.29) is 23.8 Å². The Bertz CT molecular complexity index is 927. The van der Waals surface area contributed by atoms with E-state index in [1.54, 1.807) is 24.3 Å². The highest BCUT2D eigenvalue weighted by molar-refractivity contribution is 7.91. The summed E-state index contributed by atoms with van der Waals surface area (Å²) < 4.78 is 28.5. The number of hydrogen-bond acceptors (Lipinski definition) is 5. The van der Waals surface area contributed by atoms with Gasteiger partial charge in [0.1, 0.15) is 12.4 Å². The maximum Gasteiger partial charge on any atom is 0.269 e. The predicted octanol–water partition coefficient (Wildman–Crippen LogP) is 1.85. The fourth-order valence-electron chi connectivity index (χ4n) is 2.99. The molecule has 148 valence electrons. The number of carbonyl (C=O) groups is 2. The summed E-state index contributed by atoms with van der Waals surface area (Å²) in [5.74, 6) is -0.274. The summed E-state index contributed by atoms with van der Waals surface area (Å²) in [7, 11) is -3.02. The van der Waals surface area contributed by atoms with Gasteiger partial charge < -0.3 is 4.74 Å². The van der Waals surface area contributed by atoms with Crippen LogP contribution in [0.3, 0.4) is 0 Å². The van der Waals surface area contributed by atoms with Crippen LogP contribution in [0.5, 0.6) is 5.75 Å². The number of hydrogen-bond donors (Lipinski definition) is 2. The quantitative estimate of drug-likeness (QED) is 0.718. The molecule has 1 heterocycles. The molecule has 0 aliphatic carbocycles. The molecule has 2 N–H and O–H groups in total. The molecule has 0 spiro atoms. The van der Waals surface area contributed by atoms with Gasteiger partial charge in [0.2, 0.25) is 5.91 Å². The number of sulfone groups is 1. The molecule has 0 saturated carbocycles. The van der Waals surface area contributed by atoms with Crippen molar-refractivity contribution in [2.45, 2.75) is 19.4 Å². The molecule has 2 aromatic rings. The van der Waals surface area contributed by atoms with E-state index in [1.165, 1.54) is 0 Å². The highest BCUT2D eigenvalue weighted by Crippen LogP contribution is 2.21. The van der Waals surface area contributed by atoms with Crippen LogP contribution in [0.1, 0.15) is 28.8 Å². The van der Waals surface area contributed by atoms with Crippen LogP contribution < -0.4 is 15.6 Å². The number of amides is 2. The van der Waals surface area contributed by atoms with Gasteiger partial charge in [-0.25, -0.2) is 8.42 Å². The number of benzene rings is 2. The third-order valence-corrected chi connectivity index (χ3v) is 6.32. The van der Waals surface area contributed by atoms with E-state index in [0.29, 0.717) is 24.3 Å². The number of hydrazine groups is 1. The maximum absolute atomic E-state index is 12.1. The molecule has 1 fully saturated rings. The summed E-state index contributed by atoms with van der Waals surface area (Å²) in [6, 6.07) is 16.3. The van der Waals surface area contributed by atoms with Crippen LogP contribution in [-0.4, -0.2) is 31.7 Å². The van der Waals surface area contributed by atoms with E-state index < -0.39 is 21.7 Å². The van der Waals surface area contributed by atoms with Gasteiger partial charge in [0.15, 0.2) is 9.84 Å². The number of ether oxygens (including phenoxy) is 1.